The Hall–Kier alpha value is -1.86. The van der Waals surface area contributed by atoms with E-state index < -0.39 is 0 Å². The summed E-state index contributed by atoms with van der Waals surface area (Å²) in [6, 6.07) is 1.80. The van der Waals surface area contributed by atoms with E-state index in [0.29, 0.717) is 24.4 Å². The molecule has 2 amide bonds. The van der Waals surface area contributed by atoms with E-state index in [0.717, 1.165) is 6.54 Å². The highest BCUT2D eigenvalue weighted by Gasteiger charge is 2.24. The molecule has 0 fully saturated rings. The third-order valence-corrected chi connectivity index (χ3v) is 4.39. The molecule has 1 aromatic heterocycles. The molecule has 0 spiro atoms. The third kappa shape index (κ3) is 4.08. The zero-order chi connectivity index (χ0) is 16.1. The fraction of sp³-hybridized carbons (Fsp3) is 0.467. The lowest BCUT2D eigenvalue weighted by Gasteiger charge is -2.25. The minimum absolute atomic E-state index is 0.200. The molecule has 120 valence electrons. The van der Waals surface area contributed by atoms with Gasteiger partial charge in [0.2, 0.25) is 0 Å². The number of hydrogen-bond acceptors (Lipinski definition) is 5. The second-order valence-electron chi connectivity index (χ2n) is 5.18. The van der Waals surface area contributed by atoms with Gasteiger partial charge in [-0.25, -0.2) is 9.59 Å². The van der Waals surface area contributed by atoms with Crippen LogP contribution in [0.4, 0.5) is 4.79 Å². The molecule has 0 atom stereocenters. The first-order valence-electron chi connectivity index (χ1n) is 7.16. The smallest absolute Gasteiger partial charge is 0.337 e. The van der Waals surface area contributed by atoms with Crippen LogP contribution >= 0.6 is 11.3 Å². The van der Waals surface area contributed by atoms with Gasteiger partial charge in [-0.3, -0.25) is 4.90 Å². The molecule has 2 N–H and O–H groups in total. The molecule has 22 heavy (non-hydrogen) atoms. The summed E-state index contributed by atoms with van der Waals surface area (Å²) in [6.45, 7) is 5.61. The average molecular weight is 323 g/mol. The Morgan fingerprint density at radius 3 is 2.86 bits per heavy atom. The predicted octanol–water partition coefficient (Wildman–Crippen LogP) is 1.62. The van der Waals surface area contributed by atoms with E-state index in [2.05, 4.69) is 33.9 Å². The summed E-state index contributed by atoms with van der Waals surface area (Å²) in [5, 5.41) is 7.39. The van der Waals surface area contributed by atoms with E-state index in [1.54, 1.807) is 18.3 Å². The Morgan fingerprint density at radius 2 is 2.23 bits per heavy atom. The minimum atomic E-state index is -0.384. The summed E-state index contributed by atoms with van der Waals surface area (Å²) < 4.78 is 5.05. The van der Waals surface area contributed by atoms with Crippen LogP contribution in [-0.4, -0.2) is 43.6 Å². The maximum Gasteiger partial charge on any atom is 0.337 e. The average Bonchev–Trinajstić information content (AvgIpc) is 2.84. The van der Waals surface area contributed by atoms with Crippen molar-refractivity contribution in [2.45, 2.75) is 20.4 Å². The molecule has 7 heteroatoms. The monoisotopic (exact) mass is 323 g/mol. The Bertz CT molecular complexity index is 595. The van der Waals surface area contributed by atoms with Crippen molar-refractivity contribution in [3.8, 4) is 0 Å². The molecule has 0 aliphatic carbocycles. The summed E-state index contributed by atoms with van der Waals surface area (Å²) in [7, 11) is 1.96. The molecule has 2 heterocycles. The van der Waals surface area contributed by atoms with Crippen LogP contribution in [0.3, 0.4) is 0 Å². The zero-order valence-electron chi connectivity index (χ0n) is 13.1. The molecule has 0 unspecified atom stereocenters. The van der Waals surface area contributed by atoms with Gasteiger partial charge in [0.05, 0.1) is 18.7 Å². The number of nitrogens with zero attached hydrogens (tertiary/aromatic N) is 1. The van der Waals surface area contributed by atoms with Gasteiger partial charge in [0, 0.05) is 23.7 Å². The highest BCUT2D eigenvalue weighted by Crippen LogP contribution is 2.18. The molecule has 0 bridgehead atoms. The van der Waals surface area contributed by atoms with E-state index in [1.807, 2.05) is 7.05 Å². The van der Waals surface area contributed by atoms with E-state index in [1.165, 1.54) is 10.4 Å². The molecule has 0 saturated heterocycles. The quantitative estimate of drug-likeness (QED) is 0.781. The zero-order valence-corrected chi connectivity index (χ0v) is 13.9. The van der Waals surface area contributed by atoms with Crippen molar-refractivity contribution in [3.05, 3.63) is 33.2 Å². The molecule has 0 saturated carbocycles. The first-order valence-corrected chi connectivity index (χ1v) is 8.04. The summed E-state index contributed by atoms with van der Waals surface area (Å²) in [5.41, 5.74) is 2.35. The fourth-order valence-electron chi connectivity index (χ4n) is 2.22. The highest BCUT2D eigenvalue weighted by atomic mass is 32.1. The van der Waals surface area contributed by atoms with E-state index in [9.17, 15) is 9.59 Å². The van der Waals surface area contributed by atoms with Crippen LogP contribution in [0.2, 0.25) is 0 Å². The number of nitrogens with one attached hydrogen (secondary N) is 2. The Kier molecular flexibility index (Phi) is 5.57. The number of likely N-dealkylation sites (N-methyl/N-ethyl adjacent to an activating group) is 1. The lowest BCUT2D eigenvalue weighted by Crippen LogP contribution is -2.46. The normalized spacial score (nSPS) is 14.8. The lowest BCUT2D eigenvalue weighted by molar-refractivity contribution is -0.138. The molecule has 1 aromatic rings. The van der Waals surface area contributed by atoms with Crippen molar-refractivity contribution in [2.24, 2.45) is 0 Å². The number of aryl methyl sites for hydroxylation is 1. The molecule has 1 aliphatic heterocycles. The van der Waals surface area contributed by atoms with E-state index in [4.69, 9.17) is 4.74 Å². The molecule has 1 aliphatic rings. The molecular weight excluding hydrogens is 302 g/mol. The number of carbonyl (C=O) groups is 2. The van der Waals surface area contributed by atoms with Crippen LogP contribution in [0.15, 0.2) is 22.7 Å². The number of amides is 2. The van der Waals surface area contributed by atoms with Gasteiger partial charge in [-0.2, -0.15) is 0 Å². The Morgan fingerprint density at radius 1 is 1.45 bits per heavy atom. The first-order chi connectivity index (χ1) is 10.5. The van der Waals surface area contributed by atoms with Crippen molar-refractivity contribution in [1.82, 2.24) is 15.5 Å². The Labute approximate surface area is 134 Å². The first kappa shape index (κ1) is 16.5. The maximum atomic E-state index is 12.0. The van der Waals surface area contributed by atoms with Crippen molar-refractivity contribution in [3.63, 3.8) is 0 Å². The van der Waals surface area contributed by atoms with E-state index in [-0.39, 0.29) is 18.5 Å². The number of rotatable bonds is 6. The maximum absolute atomic E-state index is 12.0. The molecule has 6 nitrogen and oxygen atoms in total. The summed E-state index contributed by atoms with van der Waals surface area (Å²) in [5.74, 6) is -0.384. The number of thiophene rings is 1. The summed E-state index contributed by atoms with van der Waals surface area (Å²) >= 11 is 1.71. The van der Waals surface area contributed by atoms with E-state index >= 15 is 0 Å². The van der Waals surface area contributed by atoms with Crippen LogP contribution in [0, 0.1) is 6.92 Å². The SMILES string of the molecule is CCOC(=O)C1=C(CN(C)Cc2sccc2C)NC(=O)NC1. The summed E-state index contributed by atoms with van der Waals surface area (Å²) in [6.07, 6.45) is 0. The minimum Gasteiger partial charge on any atom is -0.463 e. The van der Waals surface area contributed by atoms with Crippen molar-refractivity contribution < 1.29 is 14.3 Å². The number of esters is 1. The van der Waals surface area contributed by atoms with Gasteiger partial charge in [-0.15, -0.1) is 11.3 Å². The van der Waals surface area contributed by atoms with Crippen molar-refractivity contribution in [2.75, 3.05) is 26.7 Å². The number of carbonyl (C=O) groups excluding carboxylic acids is 2. The number of hydrogen-bond donors (Lipinski definition) is 2. The van der Waals surface area contributed by atoms with Gasteiger partial charge in [0.15, 0.2) is 0 Å². The molecule has 2 rings (SSSR count). The second kappa shape index (κ2) is 7.42. The third-order valence-electron chi connectivity index (χ3n) is 3.39. The predicted molar refractivity (Wildman–Crippen MR) is 85.6 cm³/mol. The van der Waals surface area contributed by atoms with Gasteiger partial charge in [0.25, 0.3) is 0 Å². The Balaban J connectivity index is 2.10. The van der Waals surface area contributed by atoms with Crippen LogP contribution in [0.5, 0.6) is 0 Å². The van der Waals surface area contributed by atoms with Crippen LogP contribution < -0.4 is 10.6 Å². The van der Waals surface area contributed by atoms with Crippen LogP contribution in [0.1, 0.15) is 17.4 Å². The standard InChI is InChI=1S/C15H21N3O3S/c1-4-21-14(19)11-7-16-15(20)17-12(11)8-18(3)9-13-10(2)5-6-22-13/h5-6H,4,7-9H2,1-3H3,(H2,16,17,20). The number of ether oxygens (including phenoxy) is 1. The molecular formula is C15H21N3O3S. The van der Waals surface area contributed by atoms with Gasteiger partial charge < -0.3 is 15.4 Å². The fourth-order valence-corrected chi connectivity index (χ4v) is 3.20. The van der Waals surface area contributed by atoms with Gasteiger partial charge >= 0.3 is 12.0 Å². The van der Waals surface area contributed by atoms with Crippen LogP contribution in [-0.2, 0) is 16.1 Å². The van der Waals surface area contributed by atoms with Crippen molar-refractivity contribution >= 4 is 23.3 Å². The highest BCUT2D eigenvalue weighted by molar-refractivity contribution is 7.10. The van der Waals surface area contributed by atoms with Crippen molar-refractivity contribution in [1.29, 1.82) is 0 Å². The molecule has 0 aromatic carbocycles. The molecule has 0 radical (unpaired) electrons. The van der Waals surface area contributed by atoms with Gasteiger partial charge in [-0.05, 0) is 37.9 Å². The lowest BCUT2D eigenvalue weighted by atomic mass is 10.1. The van der Waals surface area contributed by atoms with Gasteiger partial charge in [-0.1, -0.05) is 0 Å². The van der Waals surface area contributed by atoms with Gasteiger partial charge in [0.1, 0.15) is 0 Å². The summed E-state index contributed by atoms with van der Waals surface area (Å²) in [4.78, 5) is 26.9. The van der Waals surface area contributed by atoms with Crippen LogP contribution in [0.25, 0.3) is 0 Å². The number of urea groups is 1. The topological polar surface area (TPSA) is 70.7 Å². The second-order valence-corrected chi connectivity index (χ2v) is 6.19. The largest absolute Gasteiger partial charge is 0.463 e.